The molecular weight excluding hydrogens is 458 g/mol. The van der Waals surface area contributed by atoms with Crippen LogP contribution in [-0.4, -0.2) is 17.7 Å². The topological polar surface area (TPSA) is 74.5 Å². The molecule has 0 saturated heterocycles. The summed E-state index contributed by atoms with van der Waals surface area (Å²) in [4.78, 5) is 17.4. The molecule has 5 heteroatoms. The maximum Gasteiger partial charge on any atom is 0.224 e. The number of hydrogen-bond donors (Lipinski definition) is 1. The quantitative estimate of drug-likeness (QED) is 0.363. The SMILES string of the molecule is CC(=N/C=C(\C)c1cccc2c1CCC2NC(=O)Cc1ccccc1)c1ccc(OC(C)C)c(C#N)c1. The van der Waals surface area contributed by atoms with Crippen LogP contribution in [0, 0.1) is 11.3 Å². The number of rotatable bonds is 8. The highest BCUT2D eigenvalue weighted by Gasteiger charge is 2.26. The van der Waals surface area contributed by atoms with Gasteiger partial charge in [0.25, 0.3) is 0 Å². The van der Waals surface area contributed by atoms with Gasteiger partial charge in [-0.15, -0.1) is 0 Å². The maximum absolute atomic E-state index is 12.7. The predicted octanol–water partition coefficient (Wildman–Crippen LogP) is 6.56. The Morgan fingerprint density at radius 3 is 2.65 bits per heavy atom. The zero-order valence-corrected chi connectivity index (χ0v) is 21.9. The van der Waals surface area contributed by atoms with E-state index in [4.69, 9.17) is 9.73 Å². The first-order valence-corrected chi connectivity index (χ1v) is 12.7. The first-order chi connectivity index (χ1) is 17.9. The number of nitrogens with one attached hydrogen (secondary N) is 1. The van der Waals surface area contributed by atoms with Crippen LogP contribution in [0.15, 0.2) is 77.9 Å². The Morgan fingerprint density at radius 1 is 1.14 bits per heavy atom. The van der Waals surface area contributed by atoms with Gasteiger partial charge in [0.15, 0.2) is 0 Å². The molecule has 1 aliphatic rings. The number of nitrogens with zero attached hydrogens (tertiary/aromatic N) is 2. The van der Waals surface area contributed by atoms with E-state index >= 15 is 0 Å². The number of allylic oxidation sites excluding steroid dienone is 1. The average molecular weight is 492 g/mol. The van der Waals surface area contributed by atoms with Crippen LogP contribution in [0.1, 0.15) is 73.5 Å². The maximum atomic E-state index is 12.7. The normalized spacial score (nSPS) is 15.3. The Kier molecular flexibility index (Phi) is 8.20. The van der Waals surface area contributed by atoms with Gasteiger partial charge >= 0.3 is 0 Å². The van der Waals surface area contributed by atoms with E-state index in [1.807, 2.05) is 75.5 Å². The minimum Gasteiger partial charge on any atom is -0.490 e. The second-order valence-electron chi connectivity index (χ2n) is 9.71. The number of hydrogen-bond acceptors (Lipinski definition) is 4. The van der Waals surface area contributed by atoms with Crippen LogP contribution in [0.4, 0.5) is 0 Å². The molecule has 3 aromatic carbocycles. The number of ether oxygens (including phenoxy) is 1. The molecule has 1 unspecified atom stereocenters. The number of amides is 1. The number of benzene rings is 3. The number of aliphatic imine (C=N–C) groups is 1. The van der Waals surface area contributed by atoms with Crippen LogP contribution in [-0.2, 0) is 17.6 Å². The smallest absolute Gasteiger partial charge is 0.224 e. The van der Waals surface area contributed by atoms with Gasteiger partial charge in [-0.2, -0.15) is 5.26 Å². The highest BCUT2D eigenvalue weighted by Crippen LogP contribution is 2.36. The Morgan fingerprint density at radius 2 is 1.92 bits per heavy atom. The fourth-order valence-electron chi connectivity index (χ4n) is 4.74. The Bertz CT molecular complexity index is 1380. The molecule has 0 heterocycles. The van der Waals surface area contributed by atoms with Crippen molar-refractivity contribution in [2.75, 3.05) is 0 Å². The summed E-state index contributed by atoms with van der Waals surface area (Å²) in [6, 6.07) is 24.0. The molecule has 0 saturated carbocycles. The molecule has 188 valence electrons. The van der Waals surface area contributed by atoms with E-state index in [9.17, 15) is 10.1 Å². The fraction of sp³-hybridized carbons (Fsp3) is 0.281. The second-order valence-corrected chi connectivity index (χ2v) is 9.71. The van der Waals surface area contributed by atoms with Crippen molar-refractivity contribution in [3.8, 4) is 11.8 Å². The van der Waals surface area contributed by atoms with Crippen LogP contribution in [0.25, 0.3) is 5.57 Å². The number of nitriles is 1. The van der Waals surface area contributed by atoms with Gasteiger partial charge in [0.05, 0.1) is 24.1 Å². The molecule has 4 rings (SSSR count). The zero-order chi connectivity index (χ0) is 26.4. The molecule has 1 amide bonds. The van der Waals surface area contributed by atoms with Crippen molar-refractivity contribution < 1.29 is 9.53 Å². The van der Waals surface area contributed by atoms with E-state index < -0.39 is 0 Å². The molecule has 1 atom stereocenters. The van der Waals surface area contributed by atoms with Crippen molar-refractivity contribution in [3.05, 3.63) is 106 Å². The van der Waals surface area contributed by atoms with E-state index in [1.54, 1.807) is 0 Å². The second kappa shape index (κ2) is 11.7. The molecule has 1 N–H and O–H groups in total. The van der Waals surface area contributed by atoms with E-state index in [2.05, 4.69) is 36.5 Å². The van der Waals surface area contributed by atoms with Gasteiger partial charge in [0.2, 0.25) is 5.91 Å². The molecule has 0 aliphatic heterocycles. The molecule has 5 nitrogen and oxygen atoms in total. The number of fused-ring (bicyclic) bond motifs is 1. The van der Waals surface area contributed by atoms with Gasteiger partial charge in [-0.3, -0.25) is 9.79 Å². The van der Waals surface area contributed by atoms with Crippen LogP contribution < -0.4 is 10.1 Å². The highest BCUT2D eigenvalue weighted by atomic mass is 16.5. The van der Waals surface area contributed by atoms with E-state index in [0.717, 1.165) is 40.8 Å². The van der Waals surface area contributed by atoms with Crippen molar-refractivity contribution >= 4 is 17.2 Å². The third-order valence-electron chi connectivity index (χ3n) is 6.57. The summed E-state index contributed by atoms with van der Waals surface area (Å²) in [6.07, 6.45) is 4.08. The molecule has 0 bridgehead atoms. The van der Waals surface area contributed by atoms with Gasteiger partial charge in [-0.05, 0) is 92.1 Å². The van der Waals surface area contributed by atoms with Crippen molar-refractivity contribution in [3.63, 3.8) is 0 Å². The van der Waals surface area contributed by atoms with Crippen LogP contribution in [0.3, 0.4) is 0 Å². The monoisotopic (exact) mass is 491 g/mol. The van der Waals surface area contributed by atoms with Crippen LogP contribution >= 0.6 is 0 Å². The lowest BCUT2D eigenvalue weighted by molar-refractivity contribution is -0.121. The molecule has 0 aromatic heterocycles. The average Bonchev–Trinajstić information content (AvgIpc) is 3.30. The molecular formula is C32H33N3O2. The van der Waals surface area contributed by atoms with Gasteiger partial charge in [0, 0.05) is 11.9 Å². The molecule has 3 aromatic rings. The lowest BCUT2D eigenvalue weighted by Crippen LogP contribution is -2.28. The van der Waals surface area contributed by atoms with Gasteiger partial charge in [0.1, 0.15) is 11.8 Å². The summed E-state index contributed by atoms with van der Waals surface area (Å²) >= 11 is 0. The molecule has 0 radical (unpaired) electrons. The summed E-state index contributed by atoms with van der Waals surface area (Å²) in [5, 5.41) is 12.8. The van der Waals surface area contributed by atoms with Gasteiger partial charge < -0.3 is 10.1 Å². The first-order valence-electron chi connectivity index (χ1n) is 12.7. The first kappa shape index (κ1) is 25.9. The highest BCUT2D eigenvalue weighted by molar-refractivity contribution is 6.00. The summed E-state index contributed by atoms with van der Waals surface area (Å²) in [5.74, 6) is 0.634. The van der Waals surface area contributed by atoms with Crippen molar-refractivity contribution in [1.82, 2.24) is 5.32 Å². The molecule has 37 heavy (non-hydrogen) atoms. The number of carbonyl (C=O) groups is 1. The van der Waals surface area contributed by atoms with Crippen molar-refractivity contribution in [2.24, 2.45) is 4.99 Å². The summed E-state index contributed by atoms with van der Waals surface area (Å²) < 4.78 is 5.73. The Balaban J connectivity index is 1.50. The largest absolute Gasteiger partial charge is 0.490 e. The summed E-state index contributed by atoms with van der Waals surface area (Å²) in [7, 11) is 0. The molecule has 0 spiro atoms. The van der Waals surface area contributed by atoms with Crippen molar-refractivity contribution in [1.29, 1.82) is 5.26 Å². The van der Waals surface area contributed by atoms with Crippen LogP contribution in [0.2, 0.25) is 0 Å². The lowest BCUT2D eigenvalue weighted by atomic mass is 9.97. The summed E-state index contributed by atoms with van der Waals surface area (Å²) in [5.41, 5.74) is 7.91. The van der Waals surface area contributed by atoms with Gasteiger partial charge in [-0.25, -0.2) is 0 Å². The van der Waals surface area contributed by atoms with Crippen LogP contribution in [0.5, 0.6) is 5.75 Å². The van der Waals surface area contributed by atoms with Gasteiger partial charge in [-0.1, -0.05) is 48.5 Å². The van der Waals surface area contributed by atoms with Crippen molar-refractivity contribution in [2.45, 2.75) is 59.1 Å². The Labute approximate surface area is 219 Å². The van der Waals surface area contributed by atoms with E-state index in [0.29, 0.717) is 17.7 Å². The summed E-state index contributed by atoms with van der Waals surface area (Å²) in [6.45, 7) is 7.89. The minimum absolute atomic E-state index is 0.00248. The molecule has 0 fully saturated rings. The fourth-order valence-corrected chi connectivity index (χ4v) is 4.74. The minimum atomic E-state index is 0.00248. The zero-order valence-electron chi connectivity index (χ0n) is 21.9. The van der Waals surface area contributed by atoms with E-state index in [1.165, 1.54) is 11.1 Å². The third-order valence-corrected chi connectivity index (χ3v) is 6.57. The molecule has 1 aliphatic carbocycles. The lowest BCUT2D eigenvalue weighted by Gasteiger charge is -2.15. The Hall–Kier alpha value is -4.17. The van der Waals surface area contributed by atoms with E-state index in [-0.39, 0.29) is 18.1 Å². The number of carbonyl (C=O) groups excluding carboxylic acids is 1. The standard InChI is InChI=1S/C32H33N3O2/c1-21(2)37-31-16-13-25(18-26(31)19-33)23(4)34-20-22(3)27-11-8-12-29-28(27)14-15-30(29)35-32(36)17-24-9-6-5-7-10-24/h5-13,16,18,20-21,30H,14-15,17H2,1-4H3,(H,35,36)/b22-20+,34-23?. The predicted molar refractivity (Wildman–Crippen MR) is 149 cm³/mol. The third kappa shape index (κ3) is 6.34.